The zero-order chi connectivity index (χ0) is 16.7. The van der Waals surface area contributed by atoms with E-state index in [0.29, 0.717) is 24.7 Å². The molecule has 0 bridgehead atoms. The third kappa shape index (κ3) is 4.50. The summed E-state index contributed by atoms with van der Waals surface area (Å²) in [5, 5.41) is 6.04. The first-order valence-corrected chi connectivity index (χ1v) is 7.60. The highest BCUT2D eigenvalue weighted by atomic mass is 16.5. The van der Waals surface area contributed by atoms with Crippen LogP contribution in [0.15, 0.2) is 30.6 Å². The molecule has 0 saturated carbocycles. The van der Waals surface area contributed by atoms with Gasteiger partial charge in [-0.25, -0.2) is 9.97 Å². The Labute approximate surface area is 136 Å². The molecule has 0 spiro atoms. The first kappa shape index (κ1) is 16.9. The maximum absolute atomic E-state index is 12.0. The Kier molecular flexibility index (Phi) is 6.05. The predicted octanol–water partition coefficient (Wildman–Crippen LogP) is 2.47. The van der Waals surface area contributed by atoms with Gasteiger partial charge in [0.05, 0.1) is 6.61 Å². The van der Waals surface area contributed by atoms with E-state index >= 15 is 0 Å². The predicted molar refractivity (Wildman–Crippen MR) is 90.1 cm³/mol. The van der Waals surface area contributed by atoms with Crippen molar-refractivity contribution in [1.82, 2.24) is 15.3 Å². The topological polar surface area (TPSA) is 76.1 Å². The molecule has 0 radical (unpaired) electrons. The van der Waals surface area contributed by atoms with Crippen LogP contribution in [-0.4, -0.2) is 36.1 Å². The first-order valence-electron chi connectivity index (χ1n) is 7.60. The first-order chi connectivity index (χ1) is 11.2. The Morgan fingerprint density at radius 2 is 2.13 bits per heavy atom. The number of para-hydroxylation sites is 1. The number of carbonyl (C=O) groups is 1. The Morgan fingerprint density at radius 3 is 2.87 bits per heavy atom. The van der Waals surface area contributed by atoms with E-state index in [1.54, 1.807) is 13.2 Å². The summed E-state index contributed by atoms with van der Waals surface area (Å²) in [5.41, 5.74) is 3.69. The van der Waals surface area contributed by atoms with Crippen LogP contribution in [0.4, 0.5) is 11.5 Å². The molecule has 6 nitrogen and oxygen atoms in total. The number of nitrogens with one attached hydrogen (secondary N) is 2. The second-order valence-corrected chi connectivity index (χ2v) is 5.12. The summed E-state index contributed by atoms with van der Waals surface area (Å²) >= 11 is 0. The van der Waals surface area contributed by atoms with Crippen LogP contribution in [0.3, 0.4) is 0 Å². The normalized spacial score (nSPS) is 10.4. The zero-order valence-corrected chi connectivity index (χ0v) is 13.7. The molecule has 0 fully saturated rings. The minimum atomic E-state index is -0.243. The van der Waals surface area contributed by atoms with Crippen molar-refractivity contribution in [2.75, 3.05) is 25.6 Å². The summed E-state index contributed by atoms with van der Waals surface area (Å²) < 4.78 is 4.91. The standard InChI is InChI=1S/C17H22N4O2/c1-4-13-7-5-6-12(2)16(13)21-15-10-14(19-11-20-15)17(22)18-8-9-23-3/h5-7,10-11H,4,8-9H2,1-3H3,(H,18,22)(H,19,20,21). The molecule has 0 unspecified atom stereocenters. The van der Waals surface area contributed by atoms with Gasteiger partial charge in [-0.05, 0) is 24.5 Å². The highest BCUT2D eigenvalue weighted by Gasteiger charge is 2.10. The van der Waals surface area contributed by atoms with E-state index < -0.39 is 0 Å². The molecule has 2 aromatic rings. The van der Waals surface area contributed by atoms with Gasteiger partial charge in [0.15, 0.2) is 0 Å². The fraction of sp³-hybridized carbons (Fsp3) is 0.353. The molecule has 1 amide bonds. The van der Waals surface area contributed by atoms with Gasteiger partial charge in [-0.15, -0.1) is 0 Å². The highest BCUT2D eigenvalue weighted by molar-refractivity contribution is 5.93. The lowest BCUT2D eigenvalue weighted by molar-refractivity contribution is 0.0932. The Balaban J connectivity index is 2.16. The van der Waals surface area contributed by atoms with Gasteiger partial charge in [0.1, 0.15) is 17.8 Å². The molecule has 122 valence electrons. The van der Waals surface area contributed by atoms with Crippen LogP contribution in [0.2, 0.25) is 0 Å². The SMILES string of the molecule is CCc1cccc(C)c1Nc1cc(C(=O)NCCOC)ncn1. The number of ether oxygens (including phenoxy) is 1. The number of benzene rings is 1. The van der Waals surface area contributed by atoms with Crippen molar-refractivity contribution in [3.63, 3.8) is 0 Å². The van der Waals surface area contributed by atoms with E-state index in [2.05, 4.69) is 33.6 Å². The van der Waals surface area contributed by atoms with Gasteiger partial charge in [0.2, 0.25) is 0 Å². The molecule has 0 aliphatic carbocycles. The lowest BCUT2D eigenvalue weighted by Crippen LogP contribution is -2.27. The van der Waals surface area contributed by atoms with Crippen molar-refractivity contribution in [2.24, 2.45) is 0 Å². The van der Waals surface area contributed by atoms with E-state index in [4.69, 9.17) is 4.74 Å². The highest BCUT2D eigenvalue weighted by Crippen LogP contribution is 2.24. The quantitative estimate of drug-likeness (QED) is 0.768. The van der Waals surface area contributed by atoms with Crippen molar-refractivity contribution >= 4 is 17.4 Å². The molecular weight excluding hydrogens is 292 g/mol. The van der Waals surface area contributed by atoms with E-state index in [9.17, 15) is 4.79 Å². The zero-order valence-electron chi connectivity index (χ0n) is 13.7. The van der Waals surface area contributed by atoms with Crippen molar-refractivity contribution in [2.45, 2.75) is 20.3 Å². The lowest BCUT2D eigenvalue weighted by atomic mass is 10.1. The maximum Gasteiger partial charge on any atom is 0.270 e. The number of anilines is 2. The second-order valence-electron chi connectivity index (χ2n) is 5.12. The summed E-state index contributed by atoms with van der Waals surface area (Å²) in [6.45, 7) is 5.06. The number of aryl methyl sites for hydroxylation is 2. The largest absolute Gasteiger partial charge is 0.383 e. The number of hydrogen-bond donors (Lipinski definition) is 2. The molecular formula is C17H22N4O2. The number of aromatic nitrogens is 2. The smallest absolute Gasteiger partial charge is 0.270 e. The fourth-order valence-corrected chi connectivity index (χ4v) is 2.24. The van der Waals surface area contributed by atoms with Crippen LogP contribution in [0.25, 0.3) is 0 Å². The van der Waals surface area contributed by atoms with Crippen LogP contribution in [0.1, 0.15) is 28.5 Å². The molecule has 0 aliphatic rings. The summed E-state index contributed by atoms with van der Waals surface area (Å²) in [6, 6.07) is 7.80. The van der Waals surface area contributed by atoms with Crippen molar-refractivity contribution in [3.05, 3.63) is 47.4 Å². The molecule has 2 rings (SSSR count). The molecule has 6 heteroatoms. The van der Waals surface area contributed by atoms with Crippen molar-refractivity contribution in [3.8, 4) is 0 Å². The number of nitrogens with zero attached hydrogens (tertiary/aromatic N) is 2. The number of methoxy groups -OCH3 is 1. The van der Waals surface area contributed by atoms with Gasteiger partial charge in [0, 0.05) is 25.4 Å². The number of rotatable bonds is 7. The van der Waals surface area contributed by atoms with E-state index in [0.717, 1.165) is 17.7 Å². The van der Waals surface area contributed by atoms with Crippen LogP contribution < -0.4 is 10.6 Å². The van der Waals surface area contributed by atoms with Gasteiger partial charge in [0.25, 0.3) is 5.91 Å². The lowest BCUT2D eigenvalue weighted by Gasteiger charge is -2.13. The van der Waals surface area contributed by atoms with Crippen LogP contribution in [0.5, 0.6) is 0 Å². The summed E-state index contributed by atoms with van der Waals surface area (Å²) in [4.78, 5) is 20.3. The molecule has 23 heavy (non-hydrogen) atoms. The van der Waals surface area contributed by atoms with E-state index in [1.807, 2.05) is 19.1 Å². The minimum Gasteiger partial charge on any atom is -0.383 e. The molecule has 0 saturated heterocycles. The van der Waals surface area contributed by atoms with Gasteiger partial charge in [-0.3, -0.25) is 4.79 Å². The maximum atomic E-state index is 12.0. The fourth-order valence-electron chi connectivity index (χ4n) is 2.24. The van der Waals surface area contributed by atoms with Gasteiger partial charge >= 0.3 is 0 Å². The molecule has 1 heterocycles. The third-order valence-electron chi connectivity index (χ3n) is 3.48. The van der Waals surface area contributed by atoms with Crippen molar-refractivity contribution < 1.29 is 9.53 Å². The van der Waals surface area contributed by atoms with E-state index in [1.165, 1.54) is 11.9 Å². The summed E-state index contributed by atoms with van der Waals surface area (Å²) in [7, 11) is 1.59. The van der Waals surface area contributed by atoms with Crippen LogP contribution in [0, 0.1) is 6.92 Å². The van der Waals surface area contributed by atoms with Gasteiger partial charge in [-0.1, -0.05) is 25.1 Å². The molecule has 0 atom stereocenters. The van der Waals surface area contributed by atoms with Gasteiger partial charge in [-0.2, -0.15) is 0 Å². The van der Waals surface area contributed by atoms with Crippen LogP contribution >= 0.6 is 0 Å². The molecule has 1 aromatic carbocycles. The minimum absolute atomic E-state index is 0.243. The van der Waals surface area contributed by atoms with Crippen molar-refractivity contribution in [1.29, 1.82) is 0 Å². The summed E-state index contributed by atoms with van der Waals surface area (Å²) in [5.74, 6) is 0.355. The Bertz CT molecular complexity index is 673. The average Bonchev–Trinajstić information content (AvgIpc) is 2.57. The van der Waals surface area contributed by atoms with E-state index in [-0.39, 0.29) is 5.91 Å². The molecule has 0 aliphatic heterocycles. The third-order valence-corrected chi connectivity index (χ3v) is 3.48. The van der Waals surface area contributed by atoms with Crippen LogP contribution in [-0.2, 0) is 11.2 Å². The molecule has 2 N–H and O–H groups in total. The Hall–Kier alpha value is -2.47. The Morgan fingerprint density at radius 1 is 1.30 bits per heavy atom. The summed E-state index contributed by atoms with van der Waals surface area (Å²) in [6.07, 6.45) is 2.30. The van der Waals surface area contributed by atoms with Gasteiger partial charge < -0.3 is 15.4 Å². The number of hydrogen-bond acceptors (Lipinski definition) is 5. The number of carbonyl (C=O) groups excluding carboxylic acids is 1. The second kappa shape index (κ2) is 8.24. The monoisotopic (exact) mass is 314 g/mol. The average molecular weight is 314 g/mol. The molecule has 1 aromatic heterocycles. The number of amides is 1.